The molecule has 3 aromatic rings. The molecule has 0 radical (unpaired) electrons. The summed E-state index contributed by atoms with van der Waals surface area (Å²) in [6.45, 7) is 4.03. The SMILES string of the molecule is CCNCc1ccccc1Cc1nc2ccccc2n1C. The van der Waals surface area contributed by atoms with Crippen LogP contribution in [0.5, 0.6) is 0 Å². The Morgan fingerprint density at radius 2 is 1.71 bits per heavy atom. The van der Waals surface area contributed by atoms with Gasteiger partial charge < -0.3 is 9.88 Å². The molecule has 0 aliphatic rings. The van der Waals surface area contributed by atoms with Crippen LogP contribution in [-0.4, -0.2) is 16.1 Å². The minimum absolute atomic E-state index is 0.868. The van der Waals surface area contributed by atoms with E-state index >= 15 is 0 Å². The summed E-state index contributed by atoms with van der Waals surface area (Å²) < 4.78 is 2.19. The highest BCUT2D eigenvalue weighted by Gasteiger charge is 2.09. The van der Waals surface area contributed by atoms with E-state index in [-0.39, 0.29) is 0 Å². The van der Waals surface area contributed by atoms with Gasteiger partial charge in [-0.25, -0.2) is 4.98 Å². The molecule has 21 heavy (non-hydrogen) atoms. The number of aryl methyl sites for hydroxylation is 1. The summed E-state index contributed by atoms with van der Waals surface area (Å²) in [6.07, 6.45) is 0.868. The summed E-state index contributed by atoms with van der Waals surface area (Å²) in [5.74, 6) is 1.11. The van der Waals surface area contributed by atoms with Crippen molar-refractivity contribution in [2.24, 2.45) is 7.05 Å². The number of nitrogens with zero attached hydrogens (tertiary/aromatic N) is 2. The second kappa shape index (κ2) is 6.10. The van der Waals surface area contributed by atoms with Crippen LogP contribution in [0.15, 0.2) is 48.5 Å². The van der Waals surface area contributed by atoms with Crippen LogP contribution in [-0.2, 0) is 20.0 Å². The zero-order valence-electron chi connectivity index (χ0n) is 12.6. The quantitative estimate of drug-likeness (QED) is 0.777. The smallest absolute Gasteiger partial charge is 0.114 e. The van der Waals surface area contributed by atoms with Crippen LogP contribution in [0, 0.1) is 0 Å². The van der Waals surface area contributed by atoms with Crippen LogP contribution in [0.1, 0.15) is 23.9 Å². The van der Waals surface area contributed by atoms with Crippen LogP contribution in [0.25, 0.3) is 11.0 Å². The number of benzene rings is 2. The lowest BCUT2D eigenvalue weighted by atomic mass is 10.0. The highest BCUT2D eigenvalue weighted by molar-refractivity contribution is 5.75. The maximum Gasteiger partial charge on any atom is 0.114 e. The van der Waals surface area contributed by atoms with Gasteiger partial charge in [-0.1, -0.05) is 43.3 Å². The largest absolute Gasteiger partial charge is 0.331 e. The zero-order valence-corrected chi connectivity index (χ0v) is 12.6. The first-order chi connectivity index (χ1) is 10.3. The van der Waals surface area contributed by atoms with Gasteiger partial charge >= 0.3 is 0 Å². The molecule has 0 aliphatic carbocycles. The van der Waals surface area contributed by atoms with Gasteiger partial charge in [-0.3, -0.25) is 0 Å². The van der Waals surface area contributed by atoms with Crippen molar-refractivity contribution in [3.63, 3.8) is 0 Å². The topological polar surface area (TPSA) is 29.9 Å². The van der Waals surface area contributed by atoms with Crippen molar-refractivity contribution in [2.75, 3.05) is 6.54 Å². The van der Waals surface area contributed by atoms with E-state index in [0.29, 0.717) is 0 Å². The average molecular weight is 279 g/mol. The molecular formula is C18H21N3. The van der Waals surface area contributed by atoms with E-state index in [1.807, 2.05) is 6.07 Å². The van der Waals surface area contributed by atoms with E-state index in [4.69, 9.17) is 4.98 Å². The first kappa shape index (κ1) is 13.8. The van der Waals surface area contributed by atoms with Gasteiger partial charge in [-0.15, -0.1) is 0 Å². The van der Waals surface area contributed by atoms with Gasteiger partial charge in [-0.2, -0.15) is 0 Å². The van der Waals surface area contributed by atoms with Gasteiger partial charge in [0.1, 0.15) is 5.82 Å². The number of hydrogen-bond donors (Lipinski definition) is 1. The number of rotatable bonds is 5. The van der Waals surface area contributed by atoms with Crippen molar-refractivity contribution in [2.45, 2.75) is 19.9 Å². The fourth-order valence-corrected chi connectivity index (χ4v) is 2.69. The van der Waals surface area contributed by atoms with E-state index in [0.717, 1.165) is 30.9 Å². The predicted octanol–water partition coefficient (Wildman–Crippen LogP) is 3.27. The molecule has 0 unspecified atom stereocenters. The molecule has 0 bridgehead atoms. The van der Waals surface area contributed by atoms with E-state index in [1.54, 1.807) is 0 Å². The van der Waals surface area contributed by atoms with Crippen molar-refractivity contribution in [3.8, 4) is 0 Å². The standard InChI is InChI=1S/C18H21N3/c1-3-19-13-15-9-5-4-8-14(15)12-18-20-16-10-6-7-11-17(16)21(18)2/h4-11,19H,3,12-13H2,1-2H3. The van der Waals surface area contributed by atoms with E-state index < -0.39 is 0 Å². The molecule has 2 aromatic carbocycles. The summed E-state index contributed by atoms with van der Waals surface area (Å²) in [5.41, 5.74) is 4.96. The Morgan fingerprint density at radius 1 is 1.00 bits per heavy atom. The molecule has 0 aliphatic heterocycles. The van der Waals surface area contributed by atoms with Gasteiger partial charge in [0.25, 0.3) is 0 Å². The third-order valence-corrected chi connectivity index (χ3v) is 3.91. The minimum Gasteiger partial charge on any atom is -0.331 e. The first-order valence-electron chi connectivity index (χ1n) is 7.47. The van der Waals surface area contributed by atoms with Crippen molar-refractivity contribution < 1.29 is 0 Å². The molecule has 1 aromatic heterocycles. The molecule has 0 fully saturated rings. The lowest BCUT2D eigenvalue weighted by Gasteiger charge is -2.10. The molecule has 3 nitrogen and oxygen atoms in total. The Balaban J connectivity index is 1.93. The van der Waals surface area contributed by atoms with E-state index in [1.165, 1.54) is 16.6 Å². The fourth-order valence-electron chi connectivity index (χ4n) is 2.69. The second-order valence-electron chi connectivity index (χ2n) is 5.30. The van der Waals surface area contributed by atoms with Crippen LogP contribution in [0.4, 0.5) is 0 Å². The van der Waals surface area contributed by atoms with Crippen LogP contribution < -0.4 is 5.32 Å². The van der Waals surface area contributed by atoms with Crippen molar-refractivity contribution >= 4 is 11.0 Å². The first-order valence-corrected chi connectivity index (χ1v) is 7.47. The molecule has 108 valence electrons. The molecule has 3 heteroatoms. The summed E-state index contributed by atoms with van der Waals surface area (Å²) in [5, 5.41) is 3.40. The molecule has 1 heterocycles. The number of nitrogens with one attached hydrogen (secondary N) is 1. The lowest BCUT2D eigenvalue weighted by molar-refractivity contribution is 0.718. The van der Waals surface area contributed by atoms with Gasteiger partial charge in [0, 0.05) is 20.0 Å². The second-order valence-corrected chi connectivity index (χ2v) is 5.30. The molecule has 1 N–H and O–H groups in total. The molecule has 0 atom stereocenters. The Morgan fingerprint density at radius 3 is 2.48 bits per heavy atom. The third kappa shape index (κ3) is 2.83. The highest BCUT2D eigenvalue weighted by Crippen LogP contribution is 2.18. The van der Waals surface area contributed by atoms with Gasteiger partial charge in [0.15, 0.2) is 0 Å². The highest BCUT2D eigenvalue weighted by atomic mass is 15.1. The van der Waals surface area contributed by atoms with Crippen molar-refractivity contribution in [1.82, 2.24) is 14.9 Å². The number of imidazole rings is 1. The molecular weight excluding hydrogens is 258 g/mol. The molecule has 0 amide bonds. The Kier molecular flexibility index (Phi) is 4.02. The molecule has 3 rings (SSSR count). The average Bonchev–Trinajstić information content (AvgIpc) is 2.83. The number of para-hydroxylation sites is 2. The van der Waals surface area contributed by atoms with Gasteiger partial charge in [0.2, 0.25) is 0 Å². The van der Waals surface area contributed by atoms with Crippen LogP contribution in [0.2, 0.25) is 0 Å². The number of aromatic nitrogens is 2. The third-order valence-electron chi connectivity index (χ3n) is 3.91. The van der Waals surface area contributed by atoms with Crippen molar-refractivity contribution in [3.05, 3.63) is 65.5 Å². The van der Waals surface area contributed by atoms with Gasteiger partial charge in [-0.05, 0) is 29.8 Å². The van der Waals surface area contributed by atoms with Crippen LogP contribution in [0.3, 0.4) is 0 Å². The fraction of sp³-hybridized carbons (Fsp3) is 0.278. The molecule has 0 spiro atoms. The maximum atomic E-state index is 4.77. The van der Waals surface area contributed by atoms with Gasteiger partial charge in [0.05, 0.1) is 11.0 Å². The zero-order chi connectivity index (χ0) is 14.7. The Hall–Kier alpha value is -2.13. The predicted molar refractivity (Wildman–Crippen MR) is 87.3 cm³/mol. The summed E-state index contributed by atoms with van der Waals surface area (Å²) in [6, 6.07) is 16.9. The summed E-state index contributed by atoms with van der Waals surface area (Å²) in [7, 11) is 2.09. The molecule has 0 saturated heterocycles. The van der Waals surface area contributed by atoms with E-state index in [2.05, 4.69) is 66.3 Å². The van der Waals surface area contributed by atoms with Crippen LogP contribution >= 0.6 is 0 Å². The Labute approximate surface area is 125 Å². The number of hydrogen-bond acceptors (Lipinski definition) is 2. The van der Waals surface area contributed by atoms with Crippen molar-refractivity contribution in [1.29, 1.82) is 0 Å². The monoisotopic (exact) mass is 279 g/mol. The lowest BCUT2D eigenvalue weighted by Crippen LogP contribution is -2.13. The summed E-state index contributed by atoms with van der Waals surface area (Å²) >= 11 is 0. The molecule has 0 saturated carbocycles. The summed E-state index contributed by atoms with van der Waals surface area (Å²) in [4.78, 5) is 4.77. The Bertz CT molecular complexity index is 743. The number of fused-ring (bicyclic) bond motifs is 1. The normalized spacial score (nSPS) is 11.1. The minimum atomic E-state index is 0.868. The maximum absolute atomic E-state index is 4.77. The van der Waals surface area contributed by atoms with E-state index in [9.17, 15) is 0 Å².